The first kappa shape index (κ1) is 19.9. The lowest BCUT2D eigenvalue weighted by Gasteiger charge is -2.30. The number of ether oxygens (including phenoxy) is 1. The van der Waals surface area contributed by atoms with Crippen LogP contribution in [0.2, 0.25) is 0 Å². The molecule has 0 N–H and O–H groups in total. The van der Waals surface area contributed by atoms with Gasteiger partial charge < -0.3 is 4.74 Å². The predicted octanol–water partition coefficient (Wildman–Crippen LogP) is 2.82. The van der Waals surface area contributed by atoms with Gasteiger partial charge in [0.1, 0.15) is 5.82 Å². The molecule has 0 spiro atoms. The van der Waals surface area contributed by atoms with E-state index in [1.54, 1.807) is 6.07 Å². The number of hydrogen-bond acceptors (Lipinski definition) is 5. The van der Waals surface area contributed by atoms with Crippen molar-refractivity contribution in [1.29, 1.82) is 0 Å². The summed E-state index contributed by atoms with van der Waals surface area (Å²) in [5.41, 5.74) is 4.70. The van der Waals surface area contributed by atoms with E-state index in [0.29, 0.717) is 18.7 Å². The summed E-state index contributed by atoms with van der Waals surface area (Å²) in [7, 11) is 0. The second-order valence-corrected chi connectivity index (χ2v) is 7.70. The maximum absolute atomic E-state index is 14.3. The Bertz CT molecular complexity index is 967. The van der Waals surface area contributed by atoms with Crippen LogP contribution < -0.4 is 0 Å². The Morgan fingerprint density at radius 3 is 2.66 bits per heavy atom. The van der Waals surface area contributed by atoms with Gasteiger partial charge in [-0.3, -0.25) is 9.80 Å². The van der Waals surface area contributed by atoms with Crippen molar-refractivity contribution in [3.8, 4) is 0 Å². The minimum absolute atomic E-state index is 0.159. The monoisotopic (exact) mass is 397 g/mol. The zero-order valence-electron chi connectivity index (χ0n) is 17.1. The van der Waals surface area contributed by atoms with E-state index in [1.165, 1.54) is 6.07 Å². The van der Waals surface area contributed by atoms with Crippen LogP contribution in [0.25, 0.3) is 5.65 Å². The third-order valence-corrected chi connectivity index (χ3v) is 5.43. The molecule has 1 aliphatic rings. The number of halogens is 1. The Kier molecular flexibility index (Phi) is 6.18. The number of fused-ring (bicyclic) bond motifs is 1. The molecule has 3 aromatic rings. The van der Waals surface area contributed by atoms with Crippen molar-refractivity contribution in [2.45, 2.75) is 26.9 Å². The summed E-state index contributed by atoms with van der Waals surface area (Å²) in [6.45, 7) is 10.5. The standard InChI is InChI=1S/C22H28FN5O/c1-17-13-18(2)28-22(25-17)20(14-24-28)16-27(8-7-26-9-11-29-12-10-26)15-19-5-3-4-6-21(19)23/h3-6,13-14H,7-12,15-16H2,1-2H3. The van der Waals surface area contributed by atoms with Gasteiger partial charge in [0, 0.05) is 61.8 Å². The molecule has 1 saturated heterocycles. The molecule has 4 rings (SSSR count). The van der Waals surface area contributed by atoms with Crippen LogP contribution in [0.3, 0.4) is 0 Å². The highest BCUT2D eigenvalue weighted by Crippen LogP contribution is 2.17. The Balaban J connectivity index is 1.55. The van der Waals surface area contributed by atoms with E-state index in [9.17, 15) is 4.39 Å². The van der Waals surface area contributed by atoms with Crippen LogP contribution in [0.1, 0.15) is 22.5 Å². The summed E-state index contributed by atoms with van der Waals surface area (Å²) in [6, 6.07) is 9.04. The lowest BCUT2D eigenvalue weighted by atomic mass is 10.2. The molecule has 0 atom stereocenters. The normalized spacial score (nSPS) is 15.4. The second kappa shape index (κ2) is 8.98. The van der Waals surface area contributed by atoms with Crippen LogP contribution in [-0.2, 0) is 17.8 Å². The van der Waals surface area contributed by atoms with Crippen LogP contribution in [0.4, 0.5) is 4.39 Å². The van der Waals surface area contributed by atoms with Crippen molar-refractivity contribution >= 4 is 5.65 Å². The van der Waals surface area contributed by atoms with Crippen molar-refractivity contribution in [3.63, 3.8) is 0 Å². The van der Waals surface area contributed by atoms with Gasteiger partial charge in [-0.15, -0.1) is 0 Å². The molecule has 0 saturated carbocycles. The SMILES string of the molecule is Cc1cc(C)n2ncc(CN(CCN3CCOCC3)Cc3ccccc3F)c2n1. The molecule has 6 nitrogen and oxygen atoms in total. The van der Waals surface area contributed by atoms with Crippen molar-refractivity contribution in [2.24, 2.45) is 0 Å². The molecular formula is C22H28FN5O. The summed E-state index contributed by atoms with van der Waals surface area (Å²) < 4.78 is 21.6. The van der Waals surface area contributed by atoms with Crippen LogP contribution >= 0.6 is 0 Å². The van der Waals surface area contributed by atoms with Crippen LogP contribution in [0.15, 0.2) is 36.5 Å². The summed E-state index contributed by atoms with van der Waals surface area (Å²) in [5.74, 6) is -0.159. The summed E-state index contributed by atoms with van der Waals surface area (Å²) >= 11 is 0. The first-order valence-corrected chi connectivity index (χ1v) is 10.2. The zero-order valence-corrected chi connectivity index (χ0v) is 17.1. The molecule has 0 radical (unpaired) electrons. The maximum Gasteiger partial charge on any atom is 0.159 e. The van der Waals surface area contributed by atoms with E-state index in [4.69, 9.17) is 9.72 Å². The van der Waals surface area contributed by atoms with Gasteiger partial charge in [0.25, 0.3) is 0 Å². The van der Waals surface area contributed by atoms with Gasteiger partial charge in [-0.2, -0.15) is 5.10 Å². The largest absolute Gasteiger partial charge is 0.379 e. The van der Waals surface area contributed by atoms with Crippen LogP contribution in [-0.4, -0.2) is 63.8 Å². The number of nitrogens with zero attached hydrogens (tertiary/aromatic N) is 5. The van der Waals surface area contributed by atoms with Crippen molar-refractivity contribution in [2.75, 3.05) is 39.4 Å². The number of benzene rings is 1. The Morgan fingerprint density at radius 2 is 1.86 bits per heavy atom. The van der Waals surface area contributed by atoms with Crippen LogP contribution in [0.5, 0.6) is 0 Å². The predicted molar refractivity (Wildman–Crippen MR) is 110 cm³/mol. The molecule has 7 heteroatoms. The zero-order chi connectivity index (χ0) is 20.2. The Labute approximate surface area is 170 Å². The number of hydrogen-bond donors (Lipinski definition) is 0. The highest BCUT2D eigenvalue weighted by molar-refractivity contribution is 5.47. The average Bonchev–Trinajstić information content (AvgIpc) is 3.11. The van der Waals surface area contributed by atoms with E-state index in [1.807, 2.05) is 42.8 Å². The fourth-order valence-electron chi connectivity index (χ4n) is 3.86. The number of morpholine rings is 1. The van der Waals surface area contributed by atoms with Gasteiger partial charge >= 0.3 is 0 Å². The van der Waals surface area contributed by atoms with E-state index >= 15 is 0 Å². The Morgan fingerprint density at radius 1 is 1.10 bits per heavy atom. The van der Waals surface area contributed by atoms with Gasteiger partial charge in [0.05, 0.1) is 19.4 Å². The van der Waals surface area contributed by atoms with E-state index in [2.05, 4.69) is 14.9 Å². The fraction of sp³-hybridized carbons (Fsp3) is 0.455. The van der Waals surface area contributed by atoms with Gasteiger partial charge in [0.15, 0.2) is 5.65 Å². The van der Waals surface area contributed by atoms with Gasteiger partial charge in [-0.25, -0.2) is 13.9 Å². The molecule has 2 aromatic heterocycles. The smallest absolute Gasteiger partial charge is 0.159 e. The molecule has 1 fully saturated rings. The highest BCUT2D eigenvalue weighted by Gasteiger charge is 2.17. The van der Waals surface area contributed by atoms with Gasteiger partial charge in [-0.05, 0) is 26.0 Å². The average molecular weight is 397 g/mol. The molecule has 1 aromatic carbocycles. The van der Waals surface area contributed by atoms with Crippen LogP contribution in [0, 0.1) is 19.7 Å². The van der Waals surface area contributed by atoms with E-state index < -0.39 is 0 Å². The minimum atomic E-state index is -0.159. The molecule has 29 heavy (non-hydrogen) atoms. The molecule has 3 heterocycles. The fourth-order valence-corrected chi connectivity index (χ4v) is 3.86. The Hall–Kier alpha value is -2.35. The first-order valence-electron chi connectivity index (χ1n) is 10.2. The van der Waals surface area contributed by atoms with Crippen molar-refractivity contribution < 1.29 is 9.13 Å². The lowest BCUT2D eigenvalue weighted by molar-refractivity contribution is 0.0324. The topological polar surface area (TPSA) is 45.9 Å². The number of aromatic nitrogens is 3. The van der Waals surface area contributed by atoms with E-state index in [0.717, 1.165) is 62.0 Å². The molecular weight excluding hydrogens is 369 g/mol. The van der Waals surface area contributed by atoms with E-state index in [-0.39, 0.29) is 5.82 Å². The summed E-state index contributed by atoms with van der Waals surface area (Å²) in [4.78, 5) is 9.38. The number of rotatable bonds is 7. The number of aryl methyl sites for hydroxylation is 2. The second-order valence-electron chi connectivity index (χ2n) is 7.70. The van der Waals surface area contributed by atoms with Crippen molar-refractivity contribution in [3.05, 3.63) is 64.9 Å². The third kappa shape index (κ3) is 4.80. The lowest BCUT2D eigenvalue weighted by Crippen LogP contribution is -2.41. The summed E-state index contributed by atoms with van der Waals surface area (Å²) in [5, 5.41) is 4.51. The highest BCUT2D eigenvalue weighted by atomic mass is 19.1. The molecule has 0 amide bonds. The molecule has 0 aliphatic carbocycles. The molecule has 0 bridgehead atoms. The molecule has 154 valence electrons. The molecule has 1 aliphatic heterocycles. The third-order valence-electron chi connectivity index (χ3n) is 5.43. The summed E-state index contributed by atoms with van der Waals surface area (Å²) in [6.07, 6.45) is 1.89. The first-order chi connectivity index (χ1) is 14.1. The molecule has 0 unspecified atom stereocenters. The minimum Gasteiger partial charge on any atom is -0.379 e. The quantitative estimate of drug-likeness (QED) is 0.614. The van der Waals surface area contributed by atoms with Gasteiger partial charge in [-0.1, -0.05) is 18.2 Å². The van der Waals surface area contributed by atoms with Crippen molar-refractivity contribution in [1.82, 2.24) is 24.4 Å². The van der Waals surface area contributed by atoms with Gasteiger partial charge in [0.2, 0.25) is 0 Å². The maximum atomic E-state index is 14.3.